The minimum absolute atomic E-state index is 0.304. The van der Waals surface area contributed by atoms with E-state index in [1.54, 1.807) is 6.07 Å². The Balaban J connectivity index is 2.17. The summed E-state index contributed by atoms with van der Waals surface area (Å²) in [5, 5.41) is 3.79. The first kappa shape index (κ1) is 15.1. The quantitative estimate of drug-likeness (QED) is 0.872. The molecule has 108 valence electrons. The molecule has 0 aliphatic heterocycles. The van der Waals surface area contributed by atoms with Crippen LogP contribution in [0.15, 0.2) is 36.7 Å². The zero-order chi connectivity index (χ0) is 14.7. The van der Waals surface area contributed by atoms with Gasteiger partial charge in [-0.2, -0.15) is 0 Å². The first-order valence-electron chi connectivity index (χ1n) is 6.78. The summed E-state index contributed by atoms with van der Waals surface area (Å²) in [6.07, 6.45) is 4.14. The molecule has 0 saturated carbocycles. The van der Waals surface area contributed by atoms with Crippen molar-refractivity contribution in [3.8, 4) is 0 Å². The van der Waals surface area contributed by atoms with E-state index in [2.05, 4.69) is 36.0 Å². The van der Waals surface area contributed by atoms with Crippen LogP contribution < -0.4 is 5.32 Å². The Morgan fingerprint density at radius 3 is 2.65 bits per heavy atom. The molecule has 1 aromatic carbocycles. The molecule has 0 amide bonds. The van der Waals surface area contributed by atoms with Gasteiger partial charge in [0.15, 0.2) is 0 Å². The predicted molar refractivity (Wildman–Crippen MR) is 81.6 cm³/mol. The Morgan fingerprint density at radius 2 is 2.05 bits per heavy atom. The number of rotatable bonds is 5. The molecule has 1 atom stereocenters. The predicted octanol–water partition coefficient (Wildman–Crippen LogP) is 4.25. The SMILES string of the molecule is CNC(c1ccn(Cc2ccc(F)cc2Cl)c1)C(C)C. The molecule has 2 rings (SSSR count). The molecule has 1 heterocycles. The second-order valence-electron chi connectivity index (χ2n) is 5.36. The maximum Gasteiger partial charge on any atom is 0.124 e. The Labute approximate surface area is 124 Å². The molecule has 4 heteroatoms. The summed E-state index contributed by atoms with van der Waals surface area (Å²) in [6, 6.07) is 6.97. The van der Waals surface area contributed by atoms with Crippen LogP contribution in [0.25, 0.3) is 0 Å². The fourth-order valence-corrected chi connectivity index (χ4v) is 2.70. The van der Waals surface area contributed by atoms with E-state index in [0.717, 1.165) is 5.56 Å². The lowest BCUT2D eigenvalue weighted by atomic mass is 9.99. The van der Waals surface area contributed by atoms with Gasteiger partial charge >= 0.3 is 0 Å². The Bertz CT molecular complexity index is 578. The van der Waals surface area contributed by atoms with Crippen molar-refractivity contribution in [3.05, 3.63) is 58.6 Å². The number of benzene rings is 1. The van der Waals surface area contributed by atoms with Crippen molar-refractivity contribution in [2.75, 3.05) is 7.05 Å². The molecular weight excluding hydrogens is 275 g/mol. The van der Waals surface area contributed by atoms with Crippen LogP contribution in [0.1, 0.15) is 31.0 Å². The van der Waals surface area contributed by atoms with Crippen molar-refractivity contribution in [2.45, 2.75) is 26.4 Å². The highest BCUT2D eigenvalue weighted by molar-refractivity contribution is 6.31. The molecule has 0 aliphatic carbocycles. The van der Waals surface area contributed by atoms with Gasteiger partial charge in [0.05, 0.1) is 0 Å². The summed E-state index contributed by atoms with van der Waals surface area (Å²) in [7, 11) is 1.97. The third-order valence-electron chi connectivity index (χ3n) is 3.48. The van der Waals surface area contributed by atoms with Crippen LogP contribution in [0.4, 0.5) is 4.39 Å². The second-order valence-corrected chi connectivity index (χ2v) is 5.77. The molecule has 0 radical (unpaired) electrons. The van der Waals surface area contributed by atoms with Gasteiger partial charge in [0.25, 0.3) is 0 Å². The average Bonchev–Trinajstić information content (AvgIpc) is 2.81. The van der Waals surface area contributed by atoms with E-state index >= 15 is 0 Å². The number of hydrogen-bond donors (Lipinski definition) is 1. The first-order valence-corrected chi connectivity index (χ1v) is 7.16. The van der Waals surface area contributed by atoms with Gasteiger partial charge in [-0.3, -0.25) is 0 Å². The molecule has 1 aromatic heterocycles. The number of nitrogens with zero attached hydrogens (tertiary/aromatic N) is 1. The van der Waals surface area contributed by atoms with Gasteiger partial charge in [-0.05, 0) is 42.3 Å². The molecule has 0 fully saturated rings. The molecule has 0 spiro atoms. The molecule has 2 nitrogen and oxygen atoms in total. The van der Waals surface area contributed by atoms with E-state index in [1.807, 2.05) is 13.2 Å². The molecule has 20 heavy (non-hydrogen) atoms. The lowest BCUT2D eigenvalue weighted by Crippen LogP contribution is -2.21. The fourth-order valence-electron chi connectivity index (χ4n) is 2.47. The maximum absolute atomic E-state index is 13.0. The van der Waals surface area contributed by atoms with Crippen LogP contribution in [0, 0.1) is 11.7 Å². The van der Waals surface area contributed by atoms with E-state index in [9.17, 15) is 4.39 Å². The lowest BCUT2D eigenvalue weighted by molar-refractivity contribution is 0.443. The van der Waals surface area contributed by atoms with E-state index in [0.29, 0.717) is 23.5 Å². The molecule has 1 unspecified atom stereocenters. The van der Waals surface area contributed by atoms with Gasteiger partial charge in [-0.1, -0.05) is 31.5 Å². The van der Waals surface area contributed by atoms with Crippen LogP contribution in [0.5, 0.6) is 0 Å². The zero-order valence-corrected chi connectivity index (χ0v) is 12.8. The van der Waals surface area contributed by atoms with E-state index in [-0.39, 0.29) is 5.82 Å². The maximum atomic E-state index is 13.0. The summed E-state index contributed by atoms with van der Waals surface area (Å²) in [5.41, 5.74) is 2.17. The molecule has 2 aromatic rings. The zero-order valence-electron chi connectivity index (χ0n) is 12.0. The van der Waals surface area contributed by atoms with Gasteiger partial charge in [-0.15, -0.1) is 0 Å². The van der Waals surface area contributed by atoms with Crippen molar-refractivity contribution in [1.82, 2.24) is 9.88 Å². The summed E-state index contributed by atoms with van der Waals surface area (Å²) >= 11 is 6.06. The van der Waals surface area contributed by atoms with Crippen LogP contribution in [-0.2, 0) is 6.54 Å². The van der Waals surface area contributed by atoms with Crippen molar-refractivity contribution in [1.29, 1.82) is 0 Å². The standard InChI is InChI=1S/C16H20ClFN2/c1-11(2)16(19-3)13-6-7-20(10-13)9-12-4-5-14(18)8-15(12)17/h4-8,10-11,16,19H,9H2,1-3H3. The first-order chi connectivity index (χ1) is 9.51. The third kappa shape index (κ3) is 3.41. The van der Waals surface area contributed by atoms with E-state index in [1.165, 1.54) is 17.7 Å². The van der Waals surface area contributed by atoms with Crippen molar-refractivity contribution < 1.29 is 4.39 Å². The number of hydrogen-bond acceptors (Lipinski definition) is 1. The monoisotopic (exact) mass is 294 g/mol. The highest BCUT2D eigenvalue weighted by atomic mass is 35.5. The second kappa shape index (κ2) is 6.42. The topological polar surface area (TPSA) is 17.0 Å². The van der Waals surface area contributed by atoms with Gasteiger partial charge in [-0.25, -0.2) is 4.39 Å². The number of halogens is 2. The van der Waals surface area contributed by atoms with Crippen molar-refractivity contribution in [3.63, 3.8) is 0 Å². The fraction of sp³-hybridized carbons (Fsp3) is 0.375. The minimum atomic E-state index is -0.304. The third-order valence-corrected chi connectivity index (χ3v) is 3.83. The largest absolute Gasteiger partial charge is 0.350 e. The van der Waals surface area contributed by atoms with E-state index in [4.69, 9.17) is 11.6 Å². The smallest absolute Gasteiger partial charge is 0.124 e. The Morgan fingerprint density at radius 1 is 1.30 bits per heavy atom. The summed E-state index contributed by atoms with van der Waals surface area (Å²) in [4.78, 5) is 0. The van der Waals surface area contributed by atoms with Crippen LogP contribution >= 0.6 is 11.6 Å². The molecule has 0 aliphatic rings. The van der Waals surface area contributed by atoms with Crippen molar-refractivity contribution in [2.24, 2.45) is 5.92 Å². The van der Waals surface area contributed by atoms with Gasteiger partial charge in [0.2, 0.25) is 0 Å². The highest BCUT2D eigenvalue weighted by Gasteiger charge is 2.14. The summed E-state index contributed by atoms with van der Waals surface area (Å²) in [6.45, 7) is 5.03. The molecular formula is C16H20ClFN2. The highest BCUT2D eigenvalue weighted by Crippen LogP contribution is 2.23. The van der Waals surface area contributed by atoms with Crippen LogP contribution in [0.3, 0.4) is 0 Å². The molecule has 1 N–H and O–H groups in total. The van der Waals surface area contributed by atoms with Crippen LogP contribution in [0.2, 0.25) is 5.02 Å². The van der Waals surface area contributed by atoms with Crippen LogP contribution in [-0.4, -0.2) is 11.6 Å². The van der Waals surface area contributed by atoms with Gasteiger partial charge in [0.1, 0.15) is 5.82 Å². The number of nitrogens with one attached hydrogen (secondary N) is 1. The molecule has 0 saturated heterocycles. The number of aromatic nitrogens is 1. The van der Waals surface area contributed by atoms with E-state index < -0.39 is 0 Å². The van der Waals surface area contributed by atoms with Crippen molar-refractivity contribution >= 4 is 11.6 Å². The normalized spacial score (nSPS) is 12.9. The van der Waals surface area contributed by atoms with Gasteiger partial charge in [0, 0.05) is 30.0 Å². The summed E-state index contributed by atoms with van der Waals surface area (Å²) < 4.78 is 15.1. The Kier molecular flexibility index (Phi) is 4.84. The molecule has 0 bridgehead atoms. The minimum Gasteiger partial charge on any atom is -0.350 e. The Hall–Kier alpha value is -1.32. The van der Waals surface area contributed by atoms with Gasteiger partial charge < -0.3 is 9.88 Å². The lowest BCUT2D eigenvalue weighted by Gasteiger charge is -2.18. The summed E-state index contributed by atoms with van der Waals surface area (Å²) in [5.74, 6) is 0.215. The average molecular weight is 295 g/mol.